The molecule has 2 unspecified atom stereocenters. The maximum Gasteiger partial charge on any atom is 0.00453 e. The highest BCUT2D eigenvalue weighted by Crippen LogP contribution is 2.43. The molecule has 1 aromatic rings. The zero-order valence-electron chi connectivity index (χ0n) is 12.0. The van der Waals surface area contributed by atoms with Crippen LogP contribution in [0.25, 0.3) is 0 Å². The van der Waals surface area contributed by atoms with Crippen LogP contribution in [0, 0.1) is 17.3 Å². The van der Waals surface area contributed by atoms with E-state index in [1.54, 1.807) is 4.88 Å². The van der Waals surface area contributed by atoms with Gasteiger partial charge in [0.1, 0.15) is 0 Å². The molecular formula is C16H27NS. The van der Waals surface area contributed by atoms with Crippen molar-refractivity contribution in [3.8, 4) is 0 Å². The predicted molar refractivity (Wildman–Crippen MR) is 81.2 cm³/mol. The van der Waals surface area contributed by atoms with Gasteiger partial charge in [-0.05, 0) is 74.4 Å². The summed E-state index contributed by atoms with van der Waals surface area (Å²) in [5.74, 6) is 1.80. The quantitative estimate of drug-likeness (QED) is 0.835. The molecule has 1 heterocycles. The highest BCUT2D eigenvalue weighted by molar-refractivity contribution is 7.09. The molecule has 2 atom stereocenters. The van der Waals surface area contributed by atoms with Gasteiger partial charge in [0.15, 0.2) is 0 Å². The Labute approximate surface area is 116 Å². The standard InChI is InChI=1S/C16H27NS/c1-16(2)9-8-14(12-17-3)13(11-16)6-7-15-5-4-10-18-15/h4-5,10,13-14,17H,6-9,11-12H2,1-3H3. The smallest absolute Gasteiger partial charge is 0.00453 e. The van der Waals surface area contributed by atoms with Crippen molar-refractivity contribution in [3.63, 3.8) is 0 Å². The van der Waals surface area contributed by atoms with Crippen LogP contribution in [0.5, 0.6) is 0 Å². The molecule has 1 nitrogen and oxygen atoms in total. The molecule has 0 aliphatic heterocycles. The van der Waals surface area contributed by atoms with Gasteiger partial charge in [-0.25, -0.2) is 0 Å². The maximum absolute atomic E-state index is 3.39. The summed E-state index contributed by atoms with van der Waals surface area (Å²) in [7, 11) is 2.09. The van der Waals surface area contributed by atoms with Crippen molar-refractivity contribution in [3.05, 3.63) is 22.4 Å². The second-order valence-corrected chi connectivity index (χ2v) is 7.64. The first-order chi connectivity index (χ1) is 8.61. The highest BCUT2D eigenvalue weighted by atomic mass is 32.1. The van der Waals surface area contributed by atoms with E-state index in [1.165, 1.54) is 38.6 Å². The van der Waals surface area contributed by atoms with Gasteiger partial charge in [0.05, 0.1) is 0 Å². The summed E-state index contributed by atoms with van der Waals surface area (Å²) in [6, 6.07) is 4.46. The van der Waals surface area contributed by atoms with E-state index in [9.17, 15) is 0 Å². The molecule has 0 saturated heterocycles. The third-order valence-electron chi connectivity index (χ3n) is 4.48. The fourth-order valence-corrected chi connectivity index (χ4v) is 4.17. The molecule has 18 heavy (non-hydrogen) atoms. The molecule has 1 aliphatic carbocycles. The first-order valence-corrected chi connectivity index (χ1v) is 8.16. The van der Waals surface area contributed by atoms with Crippen molar-refractivity contribution in [2.45, 2.75) is 46.0 Å². The van der Waals surface area contributed by atoms with Crippen LogP contribution in [0.3, 0.4) is 0 Å². The van der Waals surface area contributed by atoms with Gasteiger partial charge in [-0.1, -0.05) is 19.9 Å². The van der Waals surface area contributed by atoms with E-state index in [0.29, 0.717) is 5.41 Å². The van der Waals surface area contributed by atoms with Crippen LogP contribution in [0.2, 0.25) is 0 Å². The van der Waals surface area contributed by atoms with Crippen molar-refractivity contribution >= 4 is 11.3 Å². The number of rotatable bonds is 5. The van der Waals surface area contributed by atoms with Gasteiger partial charge in [0.25, 0.3) is 0 Å². The first kappa shape index (κ1) is 14.1. The lowest BCUT2D eigenvalue weighted by Crippen LogP contribution is -2.35. The molecule has 102 valence electrons. The van der Waals surface area contributed by atoms with Gasteiger partial charge >= 0.3 is 0 Å². The molecule has 0 aromatic carbocycles. The summed E-state index contributed by atoms with van der Waals surface area (Å²) in [5, 5.41) is 5.59. The van der Waals surface area contributed by atoms with E-state index >= 15 is 0 Å². The second-order valence-electron chi connectivity index (χ2n) is 6.60. The average Bonchev–Trinajstić information content (AvgIpc) is 2.82. The van der Waals surface area contributed by atoms with Crippen LogP contribution < -0.4 is 5.32 Å². The molecule has 0 bridgehead atoms. The molecule has 1 saturated carbocycles. The molecule has 1 aromatic heterocycles. The van der Waals surface area contributed by atoms with E-state index < -0.39 is 0 Å². The average molecular weight is 265 g/mol. The van der Waals surface area contributed by atoms with E-state index in [-0.39, 0.29) is 0 Å². The van der Waals surface area contributed by atoms with Crippen molar-refractivity contribution in [2.24, 2.45) is 17.3 Å². The Kier molecular flexibility index (Phi) is 4.85. The number of nitrogens with one attached hydrogen (secondary N) is 1. The summed E-state index contributed by atoms with van der Waals surface area (Å²) in [6.45, 7) is 6.09. The van der Waals surface area contributed by atoms with Crippen molar-refractivity contribution in [1.82, 2.24) is 5.32 Å². The van der Waals surface area contributed by atoms with Gasteiger partial charge in [0.2, 0.25) is 0 Å². The Morgan fingerprint density at radius 3 is 2.89 bits per heavy atom. The molecule has 0 amide bonds. The minimum absolute atomic E-state index is 0.560. The van der Waals surface area contributed by atoms with Crippen LogP contribution in [0.4, 0.5) is 0 Å². The van der Waals surface area contributed by atoms with Crippen LogP contribution in [-0.2, 0) is 6.42 Å². The lowest BCUT2D eigenvalue weighted by molar-refractivity contribution is 0.111. The highest BCUT2D eigenvalue weighted by Gasteiger charge is 2.33. The third kappa shape index (κ3) is 3.83. The van der Waals surface area contributed by atoms with Crippen molar-refractivity contribution in [2.75, 3.05) is 13.6 Å². The van der Waals surface area contributed by atoms with E-state index in [4.69, 9.17) is 0 Å². The lowest BCUT2D eigenvalue weighted by atomic mass is 9.66. The number of thiophene rings is 1. The number of aryl methyl sites for hydroxylation is 1. The van der Waals surface area contributed by atoms with Crippen molar-refractivity contribution < 1.29 is 0 Å². The Hall–Kier alpha value is -0.340. The molecule has 2 rings (SSSR count). The van der Waals surface area contributed by atoms with Crippen LogP contribution in [0.15, 0.2) is 17.5 Å². The topological polar surface area (TPSA) is 12.0 Å². The molecule has 2 heteroatoms. The summed E-state index contributed by atoms with van der Waals surface area (Å²) >= 11 is 1.91. The monoisotopic (exact) mass is 265 g/mol. The van der Waals surface area contributed by atoms with Crippen LogP contribution in [0.1, 0.15) is 44.4 Å². The van der Waals surface area contributed by atoms with Gasteiger partial charge < -0.3 is 5.32 Å². The number of hydrogen-bond donors (Lipinski definition) is 1. The van der Waals surface area contributed by atoms with Gasteiger partial charge in [0, 0.05) is 4.88 Å². The maximum atomic E-state index is 3.39. The minimum atomic E-state index is 0.560. The second kappa shape index (κ2) is 6.21. The van der Waals surface area contributed by atoms with Crippen LogP contribution >= 0.6 is 11.3 Å². The fraction of sp³-hybridized carbons (Fsp3) is 0.750. The molecular weight excluding hydrogens is 238 g/mol. The largest absolute Gasteiger partial charge is 0.319 e. The molecule has 1 aliphatic rings. The Morgan fingerprint density at radius 2 is 2.22 bits per heavy atom. The third-order valence-corrected chi connectivity index (χ3v) is 5.42. The molecule has 0 radical (unpaired) electrons. The zero-order chi connectivity index (χ0) is 13.0. The summed E-state index contributed by atoms with van der Waals surface area (Å²) in [5.41, 5.74) is 0.560. The first-order valence-electron chi connectivity index (χ1n) is 7.28. The van der Waals surface area contributed by atoms with Gasteiger partial charge in [-0.15, -0.1) is 11.3 Å². The van der Waals surface area contributed by atoms with Gasteiger partial charge in [-0.3, -0.25) is 0 Å². The molecule has 1 fully saturated rings. The van der Waals surface area contributed by atoms with Gasteiger partial charge in [-0.2, -0.15) is 0 Å². The lowest BCUT2D eigenvalue weighted by Gasteiger charge is -2.41. The summed E-state index contributed by atoms with van der Waals surface area (Å²) in [6.07, 6.45) is 6.86. The summed E-state index contributed by atoms with van der Waals surface area (Å²) in [4.78, 5) is 1.56. The SMILES string of the molecule is CNCC1CCC(C)(C)CC1CCc1cccs1. The summed E-state index contributed by atoms with van der Waals surface area (Å²) < 4.78 is 0. The molecule has 0 spiro atoms. The Morgan fingerprint density at radius 1 is 1.39 bits per heavy atom. The Bertz CT molecular complexity index is 342. The van der Waals surface area contributed by atoms with E-state index in [2.05, 4.69) is 43.7 Å². The molecule has 1 N–H and O–H groups in total. The predicted octanol–water partition coefficient (Wildman–Crippen LogP) is 4.34. The zero-order valence-corrected chi connectivity index (χ0v) is 12.9. The van der Waals surface area contributed by atoms with Crippen molar-refractivity contribution in [1.29, 1.82) is 0 Å². The normalized spacial score (nSPS) is 27.3. The van der Waals surface area contributed by atoms with E-state index in [0.717, 1.165) is 11.8 Å². The van der Waals surface area contributed by atoms with Crippen LogP contribution in [-0.4, -0.2) is 13.6 Å². The Balaban J connectivity index is 1.92. The van der Waals surface area contributed by atoms with E-state index in [1.807, 2.05) is 11.3 Å². The minimum Gasteiger partial charge on any atom is -0.319 e. The fourth-order valence-electron chi connectivity index (χ4n) is 3.44. The number of hydrogen-bond acceptors (Lipinski definition) is 2.